The van der Waals surface area contributed by atoms with Crippen molar-refractivity contribution in [2.24, 2.45) is 0 Å². The number of carboxylic acids is 1. The van der Waals surface area contributed by atoms with Crippen LogP contribution in [0.25, 0.3) is 0 Å². The van der Waals surface area contributed by atoms with Crippen LogP contribution in [0.3, 0.4) is 0 Å². The molecule has 1 N–H and O–H groups in total. The van der Waals surface area contributed by atoms with Gasteiger partial charge in [0, 0.05) is 9.37 Å². The summed E-state index contributed by atoms with van der Waals surface area (Å²) in [6.45, 7) is 2.01. The van der Waals surface area contributed by atoms with Gasteiger partial charge in [-0.15, -0.1) is 11.8 Å². The van der Waals surface area contributed by atoms with Crippen molar-refractivity contribution in [3.05, 3.63) is 64.1 Å². The number of halogens is 1. The lowest BCUT2D eigenvalue weighted by atomic mass is 10.1. The number of hydrogen-bond acceptors (Lipinski definition) is 2. The van der Waals surface area contributed by atoms with Crippen molar-refractivity contribution in [3.8, 4) is 0 Å². The maximum atomic E-state index is 11.4. The molecule has 0 unspecified atom stereocenters. The molecule has 2 aromatic rings. The molecule has 0 aromatic heterocycles. The largest absolute Gasteiger partial charge is 0.480 e. The number of aliphatic carboxylic acids is 1. The van der Waals surface area contributed by atoms with Gasteiger partial charge in [-0.2, -0.15) is 0 Å². The van der Waals surface area contributed by atoms with E-state index in [4.69, 9.17) is 0 Å². The highest BCUT2D eigenvalue weighted by Crippen LogP contribution is 2.35. The van der Waals surface area contributed by atoms with E-state index in [2.05, 4.69) is 15.9 Å². The fourth-order valence-corrected chi connectivity index (χ4v) is 2.88. The van der Waals surface area contributed by atoms with Gasteiger partial charge in [0.1, 0.15) is 5.25 Å². The first-order chi connectivity index (χ1) is 9.06. The average molecular weight is 337 g/mol. The number of hydrogen-bond donors (Lipinski definition) is 1. The summed E-state index contributed by atoms with van der Waals surface area (Å²) >= 11 is 4.70. The molecule has 19 heavy (non-hydrogen) atoms. The Labute approximate surface area is 125 Å². The van der Waals surface area contributed by atoms with Gasteiger partial charge < -0.3 is 5.11 Å². The quantitative estimate of drug-likeness (QED) is 0.824. The highest BCUT2D eigenvalue weighted by Gasteiger charge is 2.21. The van der Waals surface area contributed by atoms with E-state index in [0.29, 0.717) is 0 Å². The van der Waals surface area contributed by atoms with E-state index >= 15 is 0 Å². The van der Waals surface area contributed by atoms with Gasteiger partial charge in [0.15, 0.2) is 0 Å². The molecule has 2 nitrogen and oxygen atoms in total. The summed E-state index contributed by atoms with van der Waals surface area (Å²) in [5.74, 6) is -0.826. The first-order valence-electron chi connectivity index (χ1n) is 5.78. The Bertz CT molecular complexity index is 564. The van der Waals surface area contributed by atoms with Crippen molar-refractivity contribution in [1.82, 2.24) is 0 Å². The molecular weight excluding hydrogens is 324 g/mol. The molecule has 0 aliphatic heterocycles. The molecule has 0 aliphatic carbocycles. The molecule has 0 fully saturated rings. The lowest BCUT2D eigenvalue weighted by molar-refractivity contribution is -0.136. The topological polar surface area (TPSA) is 37.3 Å². The number of rotatable bonds is 4. The van der Waals surface area contributed by atoms with E-state index < -0.39 is 11.2 Å². The minimum absolute atomic E-state index is 0.587. The second-order valence-corrected chi connectivity index (χ2v) is 6.29. The van der Waals surface area contributed by atoms with Gasteiger partial charge in [0.2, 0.25) is 0 Å². The number of carboxylic acid groups (broad SMARTS) is 1. The minimum atomic E-state index is -0.826. The Morgan fingerprint density at radius 2 is 1.68 bits per heavy atom. The van der Waals surface area contributed by atoms with Gasteiger partial charge in [-0.1, -0.05) is 45.8 Å². The maximum Gasteiger partial charge on any atom is 0.321 e. The van der Waals surface area contributed by atoms with Crippen molar-refractivity contribution in [2.75, 3.05) is 0 Å². The fourth-order valence-electron chi connectivity index (χ4n) is 1.65. The normalized spacial score (nSPS) is 12.1. The molecule has 0 amide bonds. The highest BCUT2D eigenvalue weighted by atomic mass is 79.9. The molecule has 2 rings (SSSR count). The van der Waals surface area contributed by atoms with Gasteiger partial charge in [-0.3, -0.25) is 4.79 Å². The van der Waals surface area contributed by atoms with Crippen LogP contribution in [0.5, 0.6) is 0 Å². The van der Waals surface area contributed by atoms with Gasteiger partial charge in [0.25, 0.3) is 0 Å². The lowest BCUT2D eigenvalue weighted by Crippen LogP contribution is -2.07. The molecule has 0 saturated carbocycles. The monoisotopic (exact) mass is 336 g/mol. The first-order valence-corrected chi connectivity index (χ1v) is 7.45. The molecule has 2 aromatic carbocycles. The third-order valence-electron chi connectivity index (χ3n) is 2.67. The third-order valence-corrected chi connectivity index (χ3v) is 4.45. The van der Waals surface area contributed by atoms with E-state index in [1.807, 2.05) is 55.5 Å². The fraction of sp³-hybridized carbons (Fsp3) is 0.133. The number of benzene rings is 2. The molecule has 1 atom stereocenters. The zero-order valence-electron chi connectivity index (χ0n) is 10.3. The van der Waals surface area contributed by atoms with Crippen LogP contribution in [0.2, 0.25) is 0 Å². The van der Waals surface area contributed by atoms with Crippen LogP contribution >= 0.6 is 27.7 Å². The van der Waals surface area contributed by atoms with Gasteiger partial charge in [0.05, 0.1) is 0 Å². The van der Waals surface area contributed by atoms with Crippen LogP contribution in [-0.2, 0) is 4.79 Å². The lowest BCUT2D eigenvalue weighted by Gasteiger charge is -2.12. The van der Waals surface area contributed by atoms with Gasteiger partial charge >= 0.3 is 5.97 Å². The number of carbonyl (C=O) groups is 1. The van der Waals surface area contributed by atoms with Crippen LogP contribution in [0.1, 0.15) is 16.4 Å². The van der Waals surface area contributed by atoms with E-state index in [-0.39, 0.29) is 0 Å². The predicted molar refractivity (Wildman–Crippen MR) is 81.6 cm³/mol. The summed E-state index contributed by atoms with van der Waals surface area (Å²) in [5.41, 5.74) is 1.96. The zero-order valence-corrected chi connectivity index (χ0v) is 12.7. The molecular formula is C15H13BrO2S. The summed E-state index contributed by atoms with van der Waals surface area (Å²) in [7, 11) is 0. The molecule has 0 saturated heterocycles. The molecule has 0 heterocycles. The van der Waals surface area contributed by atoms with Crippen molar-refractivity contribution >= 4 is 33.7 Å². The molecule has 0 bridgehead atoms. The van der Waals surface area contributed by atoms with Crippen LogP contribution in [0, 0.1) is 6.92 Å². The van der Waals surface area contributed by atoms with E-state index in [1.165, 1.54) is 17.3 Å². The Morgan fingerprint density at radius 3 is 2.21 bits per heavy atom. The Balaban J connectivity index is 2.23. The summed E-state index contributed by atoms with van der Waals surface area (Å²) in [6, 6.07) is 15.3. The van der Waals surface area contributed by atoms with Crippen LogP contribution in [0.4, 0.5) is 0 Å². The highest BCUT2D eigenvalue weighted by molar-refractivity contribution is 9.10. The summed E-state index contributed by atoms with van der Waals surface area (Å²) in [5, 5.41) is 8.79. The second-order valence-electron chi connectivity index (χ2n) is 4.20. The molecule has 4 heteroatoms. The van der Waals surface area contributed by atoms with Crippen molar-refractivity contribution in [2.45, 2.75) is 17.1 Å². The molecule has 0 spiro atoms. The Kier molecular flexibility index (Phi) is 4.66. The smallest absolute Gasteiger partial charge is 0.321 e. The van der Waals surface area contributed by atoms with Gasteiger partial charge in [-0.25, -0.2) is 0 Å². The number of thioether (sulfide) groups is 1. The van der Waals surface area contributed by atoms with Crippen molar-refractivity contribution in [1.29, 1.82) is 0 Å². The summed E-state index contributed by atoms with van der Waals surface area (Å²) in [4.78, 5) is 12.4. The third kappa shape index (κ3) is 3.85. The van der Waals surface area contributed by atoms with E-state index in [9.17, 15) is 9.90 Å². The first kappa shape index (κ1) is 14.2. The summed E-state index contributed by atoms with van der Waals surface area (Å²) in [6.07, 6.45) is 0. The molecule has 98 valence electrons. The average Bonchev–Trinajstić information content (AvgIpc) is 2.39. The SMILES string of the molecule is Cc1ccc(S[C@H](C(=O)O)c2ccc(Br)cc2)cc1. The maximum absolute atomic E-state index is 11.4. The van der Waals surface area contributed by atoms with Crippen LogP contribution < -0.4 is 0 Å². The second kappa shape index (κ2) is 6.26. The van der Waals surface area contributed by atoms with Crippen LogP contribution in [0.15, 0.2) is 57.9 Å². The summed E-state index contributed by atoms with van der Waals surface area (Å²) < 4.78 is 0.945. The Morgan fingerprint density at radius 1 is 1.11 bits per heavy atom. The molecule has 0 radical (unpaired) electrons. The predicted octanol–water partition coefficient (Wildman–Crippen LogP) is 4.68. The molecule has 0 aliphatic rings. The van der Waals surface area contributed by atoms with E-state index in [1.54, 1.807) is 0 Å². The van der Waals surface area contributed by atoms with Crippen molar-refractivity contribution in [3.63, 3.8) is 0 Å². The van der Waals surface area contributed by atoms with Crippen LogP contribution in [-0.4, -0.2) is 11.1 Å². The van der Waals surface area contributed by atoms with E-state index in [0.717, 1.165) is 14.9 Å². The Hall–Kier alpha value is -1.26. The standard InChI is InChI=1S/C15H13BrO2S/c1-10-2-8-13(9-3-10)19-14(15(17)18)11-4-6-12(16)7-5-11/h2-9,14H,1H3,(H,17,18)/t14-/m0/s1. The minimum Gasteiger partial charge on any atom is -0.480 e. The number of aryl methyl sites for hydroxylation is 1. The van der Waals surface area contributed by atoms with Gasteiger partial charge in [-0.05, 0) is 36.8 Å². The zero-order chi connectivity index (χ0) is 13.8. The van der Waals surface area contributed by atoms with Crippen molar-refractivity contribution < 1.29 is 9.90 Å².